The summed E-state index contributed by atoms with van der Waals surface area (Å²) in [5, 5.41) is 0. The molecule has 0 bridgehead atoms. The number of hydrogen-bond acceptors (Lipinski definition) is 5. The lowest BCUT2D eigenvalue weighted by atomic mass is 9.98. The van der Waals surface area contributed by atoms with Crippen molar-refractivity contribution in [3.8, 4) is 0 Å². The maximum atomic E-state index is 12.3. The van der Waals surface area contributed by atoms with Crippen LogP contribution in [-0.4, -0.2) is 41.5 Å². The Labute approximate surface area is 153 Å². The van der Waals surface area contributed by atoms with Gasteiger partial charge < -0.3 is 14.1 Å². The third kappa shape index (κ3) is 5.24. The second kappa shape index (κ2) is 7.80. The maximum absolute atomic E-state index is 12.3. The summed E-state index contributed by atoms with van der Waals surface area (Å²) in [5.74, 6) is -0.0528. The van der Waals surface area contributed by atoms with Crippen LogP contribution in [0.2, 0.25) is 0 Å². The highest BCUT2D eigenvalue weighted by molar-refractivity contribution is 5.96. The lowest BCUT2D eigenvalue weighted by Crippen LogP contribution is -2.50. The van der Waals surface area contributed by atoms with Gasteiger partial charge in [0, 0.05) is 13.1 Å². The van der Waals surface area contributed by atoms with E-state index in [0.717, 1.165) is 0 Å². The minimum absolute atomic E-state index is 0.264. The molecule has 2 N–H and O–H groups in total. The molecule has 2 rings (SSSR count). The second-order valence-corrected chi connectivity index (χ2v) is 7.54. The van der Waals surface area contributed by atoms with E-state index in [9.17, 15) is 14.4 Å². The van der Waals surface area contributed by atoms with Crippen LogP contribution in [-0.2, 0) is 9.53 Å². The Bertz CT molecular complexity index is 689. The number of carbonyl (C=O) groups is 3. The zero-order valence-electron chi connectivity index (χ0n) is 16.0. The SMILES string of the molecule is Cc1cc(C(=O)NNC(=O)C2CCCN(C(=O)OC(C)(C)C)C2)c(C)o1. The van der Waals surface area contributed by atoms with Gasteiger partial charge in [-0.3, -0.25) is 20.4 Å². The molecule has 1 aromatic rings. The molecule has 26 heavy (non-hydrogen) atoms. The highest BCUT2D eigenvalue weighted by Gasteiger charge is 2.31. The van der Waals surface area contributed by atoms with Crippen molar-refractivity contribution in [2.45, 2.75) is 53.1 Å². The van der Waals surface area contributed by atoms with Crippen LogP contribution in [0.25, 0.3) is 0 Å². The summed E-state index contributed by atoms with van der Waals surface area (Å²) in [6.07, 6.45) is 0.916. The second-order valence-electron chi connectivity index (χ2n) is 7.54. The fourth-order valence-electron chi connectivity index (χ4n) is 2.83. The molecule has 1 fully saturated rings. The Hall–Kier alpha value is -2.51. The Kier molecular flexibility index (Phi) is 5.94. The molecule has 1 aliphatic rings. The van der Waals surface area contributed by atoms with Crippen molar-refractivity contribution in [2.75, 3.05) is 13.1 Å². The van der Waals surface area contributed by atoms with Crippen LogP contribution in [0.1, 0.15) is 55.5 Å². The first-order chi connectivity index (χ1) is 12.1. The number of carbonyl (C=O) groups excluding carboxylic acids is 3. The third-order valence-corrected chi connectivity index (χ3v) is 4.03. The number of nitrogens with zero attached hydrogens (tertiary/aromatic N) is 1. The lowest BCUT2D eigenvalue weighted by molar-refractivity contribution is -0.127. The van der Waals surface area contributed by atoms with Crippen LogP contribution in [0.3, 0.4) is 0 Å². The number of likely N-dealkylation sites (tertiary alicyclic amines) is 1. The van der Waals surface area contributed by atoms with Gasteiger partial charge in [-0.1, -0.05) is 0 Å². The van der Waals surface area contributed by atoms with Crippen LogP contribution in [0, 0.1) is 19.8 Å². The Morgan fingerprint density at radius 1 is 1.23 bits per heavy atom. The van der Waals surface area contributed by atoms with Crippen molar-refractivity contribution in [1.82, 2.24) is 15.8 Å². The van der Waals surface area contributed by atoms with Crippen LogP contribution in [0.15, 0.2) is 10.5 Å². The van der Waals surface area contributed by atoms with Gasteiger partial charge >= 0.3 is 6.09 Å². The molecule has 0 aromatic carbocycles. The quantitative estimate of drug-likeness (QED) is 0.783. The molecule has 0 aliphatic carbocycles. The summed E-state index contributed by atoms with van der Waals surface area (Å²) in [6, 6.07) is 1.61. The largest absolute Gasteiger partial charge is 0.466 e. The maximum Gasteiger partial charge on any atom is 0.410 e. The zero-order valence-corrected chi connectivity index (χ0v) is 16.0. The Morgan fingerprint density at radius 3 is 2.50 bits per heavy atom. The van der Waals surface area contributed by atoms with Crippen molar-refractivity contribution in [3.63, 3.8) is 0 Å². The number of piperidine rings is 1. The van der Waals surface area contributed by atoms with Gasteiger partial charge in [-0.15, -0.1) is 0 Å². The Morgan fingerprint density at radius 2 is 1.92 bits per heavy atom. The van der Waals surface area contributed by atoms with Gasteiger partial charge in [-0.25, -0.2) is 4.79 Å². The van der Waals surface area contributed by atoms with Gasteiger partial charge in [0.2, 0.25) is 5.91 Å². The molecule has 2 heterocycles. The number of hydrazine groups is 1. The smallest absolute Gasteiger partial charge is 0.410 e. The van der Waals surface area contributed by atoms with Crippen LogP contribution < -0.4 is 10.9 Å². The first kappa shape index (κ1) is 19.8. The summed E-state index contributed by atoms with van der Waals surface area (Å²) in [7, 11) is 0. The van der Waals surface area contributed by atoms with Crippen molar-refractivity contribution in [3.05, 3.63) is 23.2 Å². The molecule has 0 saturated carbocycles. The number of hydrogen-bond donors (Lipinski definition) is 2. The highest BCUT2D eigenvalue weighted by Crippen LogP contribution is 2.19. The minimum Gasteiger partial charge on any atom is -0.466 e. The van der Waals surface area contributed by atoms with Crippen LogP contribution in [0.5, 0.6) is 0 Å². The fourth-order valence-corrected chi connectivity index (χ4v) is 2.83. The molecule has 1 aromatic heterocycles. The van der Waals surface area contributed by atoms with Crippen molar-refractivity contribution < 1.29 is 23.5 Å². The number of nitrogens with one attached hydrogen (secondary N) is 2. The van der Waals surface area contributed by atoms with E-state index in [-0.39, 0.29) is 12.5 Å². The standard InChI is InChI=1S/C18H27N3O5/c1-11-9-14(12(2)25-11)16(23)20-19-15(22)13-7-6-8-21(10-13)17(24)26-18(3,4)5/h9,13H,6-8,10H2,1-5H3,(H,19,22)(H,20,23). The van der Waals surface area contributed by atoms with E-state index in [1.54, 1.807) is 40.7 Å². The van der Waals surface area contributed by atoms with E-state index in [1.807, 2.05) is 0 Å². The van der Waals surface area contributed by atoms with Crippen molar-refractivity contribution in [2.24, 2.45) is 5.92 Å². The highest BCUT2D eigenvalue weighted by atomic mass is 16.6. The molecule has 144 valence electrons. The van der Waals surface area contributed by atoms with Gasteiger partial charge in [-0.05, 0) is 53.5 Å². The summed E-state index contributed by atoms with van der Waals surface area (Å²) in [6.45, 7) is 9.65. The molecular formula is C18H27N3O5. The first-order valence-electron chi connectivity index (χ1n) is 8.72. The number of amides is 3. The summed E-state index contributed by atoms with van der Waals surface area (Å²) in [5.41, 5.74) is 4.63. The van der Waals surface area contributed by atoms with Gasteiger partial charge in [0.1, 0.15) is 17.1 Å². The molecule has 1 atom stereocenters. The number of ether oxygens (including phenoxy) is 1. The fraction of sp³-hybridized carbons (Fsp3) is 0.611. The number of furan rings is 1. The predicted molar refractivity (Wildman–Crippen MR) is 94.3 cm³/mol. The molecule has 0 radical (unpaired) electrons. The topological polar surface area (TPSA) is 101 Å². The van der Waals surface area contributed by atoms with Gasteiger partial charge in [-0.2, -0.15) is 0 Å². The summed E-state index contributed by atoms with van der Waals surface area (Å²) >= 11 is 0. The van der Waals surface area contributed by atoms with E-state index >= 15 is 0 Å². The number of aryl methyl sites for hydroxylation is 2. The number of rotatable bonds is 2. The zero-order chi connectivity index (χ0) is 19.5. The van der Waals surface area contributed by atoms with Crippen molar-refractivity contribution in [1.29, 1.82) is 0 Å². The normalized spacial score (nSPS) is 17.6. The molecule has 3 amide bonds. The average molecular weight is 365 g/mol. The first-order valence-corrected chi connectivity index (χ1v) is 8.72. The van der Waals surface area contributed by atoms with Gasteiger partial charge in [0.25, 0.3) is 5.91 Å². The monoisotopic (exact) mass is 365 g/mol. The van der Waals surface area contributed by atoms with E-state index in [4.69, 9.17) is 9.15 Å². The van der Waals surface area contributed by atoms with Crippen LogP contribution >= 0.6 is 0 Å². The average Bonchev–Trinajstić information content (AvgIpc) is 2.89. The van der Waals surface area contributed by atoms with Crippen molar-refractivity contribution >= 4 is 17.9 Å². The minimum atomic E-state index is -0.582. The molecule has 8 nitrogen and oxygen atoms in total. The van der Waals surface area contributed by atoms with E-state index in [0.29, 0.717) is 36.5 Å². The molecule has 1 unspecified atom stereocenters. The van der Waals surface area contributed by atoms with Gasteiger partial charge in [0.15, 0.2) is 0 Å². The third-order valence-electron chi connectivity index (χ3n) is 4.03. The van der Waals surface area contributed by atoms with E-state index in [2.05, 4.69) is 10.9 Å². The molecule has 1 saturated heterocycles. The van der Waals surface area contributed by atoms with E-state index < -0.39 is 23.5 Å². The molecular weight excluding hydrogens is 338 g/mol. The molecule has 8 heteroatoms. The van der Waals surface area contributed by atoms with Gasteiger partial charge in [0.05, 0.1) is 11.5 Å². The molecule has 1 aliphatic heterocycles. The van der Waals surface area contributed by atoms with Crippen LogP contribution in [0.4, 0.5) is 4.79 Å². The predicted octanol–water partition coefficient (Wildman–Crippen LogP) is 2.30. The Balaban J connectivity index is 1.88. The summed E-state index contributed by atoms with van der Waals surface area (Å²) in [4.78, 5) is 38.2. The summed E-state index contributed by atoms with van der Waals surface area (Å²) < 4.78 is 10.7. The lowest BCUT2D eigenvalue weighted by Gasteiger charge is -2.33. The molecule has 0 spiro atoms. The van der Waals surface area contributed by atoms with E-state index in [1.165, 1.54) is 4.90 Å².